The van der Waals surface area contributed by atoms with Crippen molar-refractivity contribution in [3.8, 4) is 5.75 Å². The Kier molecular flexibility index (Phi) is 10.2. The van der Waals surface area contributed by atoms with Gasteiger partial charge in [-0.15, -0.1) is 0 Å². The van der Waals surface area contributed by atoms with Gasteiger partial charge in [0.25, 0.3) is 0 Å². The zero-order chi connectivity index (χ0) is 27.0. The van der Waals surface area contributed by atoms with Crippen LogP contribution in [0.25, 0.3) is 0 Å². The van der Waals surface area contributed by atoms with E-state index in [0.29, 0.717) is 68.6 Å². The van der Waals surface area contributed by atoms with Gasteiger partial charge >= 0.3 is 0 Å². The maximum atomic E-state index is 13.4. The van der Waals surface area contributed by atoms with Crippen LogP contribution in [0.5, 0.6) is 5.75 Å². The van der Waals surface area contributed by atoms with Gasteiger partial charge in [-0.05, 0) is 71.1 Å². The normalized spacial score (nSPS) is 14.4. The van der Waals surface area contributed by atoms with Crippen LogP contribution in [0.2, 0.25) is 5.02 Å². The number of piperazine rings is 1. The van der Waals surface area contributed by atoms with E-state index in [1.165, 1.54) is 4.31 Å². The molecule has 204 valence electrons. The number of amides is 1. The Balaban J connectivity index is 1.49. The van der Waals surface area contributed by atoms with E-state index in [-0.39, 0.29) is 5.91 Å². The number of thiophene rings is 1. The highest BCUT2D eigenvalue weighted by Gasteiger charge is 2.25. The second-order valence-electron chi connectivity index (χ2n) is 9.27. The summed E-state index contributed by atoms with van der Waals surface area (Å²) in [5.41, 5.74) is 2.81. The highest BCUT2D eigenvalue weighted by molar-refractivity contribution is 7.89. The maximum absolute atomic E-state index is 13.4. The molecule has 2 heterocycles. The van der Waals surface area contributed by atoms with Crippen LogP contribution in [0.1, 0.15) is 30.0 Å². The fourth-order valence-corrected chi connectivity index (χ4v) is 6.63. The summed E-state index contributed by atoms with van der Waals surface area (Å²) in [5.74, 6) is 0.745. The fraction of sp³-hybridized carbons (Fsp3) is 0.393. The number of ether oxygens (including phenoxy) is 1. The molecule has 0 aliphatic carbocycles. The Hall–Kier alpha value is -2.43. The average Bonchev–Trinajstić information content (AvgIpc) is 3.44. The van der Waals surface area contributed by atoms with Gasteiger partial charge in [0.15, 0.2) is 0 Å². The van der Waals surface area contributed by atoms with Crippen molar-refractivity contribution in [1.82, 2.24) is 14.5 Å². The smallest absolute Gasteiger partial charge is 0.243 e. The summed E-state index contributed by atoms with van der Waals surface area (Å²) < 4.78 is 33.4. The molecule has 0 spiro atoms. The summed E-state index contributed by atoms with van der Waals surface area (Å²) in [6.45, 7) is 5.74. The first kappa shape index (κ1) is 28.6. The molecule has 7 nitrogen and oxygen atoms in total. The zero-order valence-electron chi connectivity index (χ0n) is 21.6. The third-order valence-electron chi connectivity index (χ3n) is 6.44. The molecular weight excluding hydrogens is 542 g/mol. The molecule has 3 aromatic rings. The highest BCUT2D eigenvalue weighted by atomic mass is 35.5. The second kappa shape index (κ2) is 13.6. The van der Waals surface area contributed by atoms with Gasteiger partial charge in [-0.3, -0.25) is 4.79 Å². The van der Waals surface area contributed by atoms with Gasteiger partial charge in [0.1, 0.15) is 5.75 Å². The molecule has 1 aliphatic rings. The zero-order valence-corrected chi connectivity index (χ0v) is 24.0. The number of sulfonamides is 1. The molecule has 0 saturated carbocycles. The van der Waals surface area contributed by atoms with Crippen molar-refractivity contribution in [2.24, 2.45) is 0 Å². The standard InChI is InChI=1S/C28H34ClN3O4S2/c1-2-16-36-27-8-5-25(29)19-24(27)20-31(28(33)18-23-10-17-37-21-23)13-9-22-3-6-26(7-4-22)38(34,35)32-14-11-30-12-15-32/h3-8,10,17,19,21,30H,2,9,11-16,18,20H2,1H3. The number of nitrogens with one attached hydrogen (secondary N) is 1. The van der Waals surface area contributed by atoms with E-state index < -0.39 is 10.0 Å². The lowest BCUT2D eigenvalue weighted by Gasteiger charge is -2.26. The predicted molar refractivity (Wildman–Crippen MR) is 152 cm³/mol. The van der Waals surface area contributed by atoms with E-state index in [0.717, 1.165) is 28.9 Å². The molecule has 1 aromatic heterocycles. The largest absolute Gasteiger partial charge is 0.493 e. The highest BCUT2D eigenvalue weighted by Crippen LogP contribution is 2.26. The van der Waals surface area contributed by atoms with Crippen LogP contribution in [0.15, 0.2) is 64.2 Å². The fourth-order valence-electron chi connectivity index (χ4n) is 4.33. The van der Waals surface area contributed by atoms with Crippen LogP contribution in [-0.2, 0) is 34.2 Å². The topological polar surface area (TPSA) is 79.0 Å². The Bertz CT molecular complexity index is 1290. The van der Waals surface area contributed by atoms with Crippen molar-refractivity contribution >= 4 is 38.9 Å². The molecule has 1 saturated heterocycles. The number of rotatable bonds is 12. The Labute approximate surface area is 234 Å². The lowest BCUT2D eigenvalue weighted by atomic mass is 10.1. The predicted octanol–water partition coefficient (Wildman–Crippen LogP) is 4.60. The van der Waals surface area contributed by atoms with Crippen molar-refractivity contribution in [3.63, 3.8) is 0 Å². The number of carbonyl (C=O) groups is 1. The minimum Gasteiger partial charge on any atom is -0.493 e. The minimum absolute atomic E-state index is 0.0164. The van der Waals surface area contributed by atoms with Gasteiger partial charge in [-0.25, -0.2) is 8.42 Å². The molecule has 4 rings (SSSR count). The molecule has 0 radical (unpaired) electrons. The molecule has 1 fully saturated rings. The number of benzene rings is 2. The molecule has 0 bridgehead atoms. The van der Waals surface area contributed by atoms with E-state index in [9.17, 15) is 13.2 Å². The SMILES string of the molecule is CCCOc1ccc(Cl)cc1CN(CCc1ccc(S(=O)(=O)N2CCNCC2)cc1)C(=O)Cc1ccsc1. The Morgan fingerprint density at radius 2 is 1.87 bits per heavy atom. The van der Waals surface area contributed by atoms with Crippen LogP contribution >= 0.6 is 22.9 Å². The summed E-state index contributed by atoms with van der Waals surface area (Å²) in [5, 5.41) is 7.73. The molecule has 10 heteroatoms. The van der Waals surface area contributed by atoms with E-state index in [4.69, 9.17) is 16.3 Å². The number of halogens is 1. The molecular formula is C28H34ClN3O4S2. The van der Waals surface area contributed by atoms with E-state index in [2.05, 4.69) is 5.32 Å². The van der Waals surface area contributed by atoms with Crippen LogP contribution in [-0.4, -0.2) is 62.9 Å². The second-order valence-corrected chi connectivity index (χ2v) is 12.4. The number of carbonyl (C=O) groups excluding carboxylic acids is 1. The van der Waals surface area contributed by atoms with Gasteiger partial charge in [-0.1, -0.05) is 30.7 Å². The third kappa shape index (κ3) is 7.57. The van der Waals surface area contributed by atoms with Crippen molar-refractivity contribution < 1.29 is 17.9 Å². The van der Waals surface area contributed by atoms with E-state index in [1.54, 1.807) is 29.5 Å². The van der Waals surface area contributed by atoms with Crippen LogP contribution < -0.4 is 10.1 Å². The van der Waals surface area contributed by atoms with Crippen LogP contribution in [0, 0.1) is 0 Å². The van der Waals surface area contributed by atoms with Crippen molar-refractivity contribution in [2.45, 2.75) is 37.6 Å². The van der Waals surface area contributed by atoms with E-state index in [1.807, 2.05) is 52.9 Å². The summed E-state index contributed by atoms with van der Waals surface area (Å²) in [6.07, 6.45) is 1.79. The Morgan fingerprint density at radius 1 is 1.11 bits per heavy atom. The third-order valence-corrected chi connectivity index (χ3v) is 9.32. The van der Waals surface area contributed by atoms with Crippen molar-refractivity contribution in [2.75, 3.05) is 39.3 Å². The average molecular weight is 576 g/mol. The molecule has 0 unspecified atom stereocenters. The first-order chi connectivity index (χ1) is 18.4. The molecule has 0 atom stereocenters. The summed E-state index contributed by atoms with van der Waals surface area (Å²) in [6, 6.07) is 14.5. The van der Waals surface area contributed by atoms with Crippen LogP contribution in [0.4, 0.5) is 0 Å². The number of hydrogen-bond donors (Lipinski definition) is 1. The van der Waals surface area contributed by atoms with Crippen molar-refractivity contribution in [1.29, 1.82) is 0 Å². The monoisotopic (exact) mass is 575 g/mol. The first-order valence-corrected chi connectivity index (χ1v) is 15.6. The lowest BCUT2D eigenvalue weighted by Crippen LogP contribution is -2.46. The molecule has 1 N–H and O–H groups in total. The molecule has 1 amide bonds. The Morgan fingerprint density at radius 3 is 2.55 bits per heavy atom. The number of hydrogen-bond acceptors (Lipinski definition) is 6. The van der Waals surface area contributed by atoms with Gasteiger partial charge < -0.3 is 15.0 Å². The van der Waals surface area contributed by atoms with Gasteiger partial charge in [-0.2, -0.15) is 15.6 Å². The van der Waals surface area contributed by atoms with Gasteiger partial charge in [0.05, 0.1) is 17.9 Å². The van der Waals surface area contributed by atoms with Crippen LogP contribution in [0.3, 0.4) is 0 Å². The van der Waals surface area contributed by atoms with E-state index >= 15 is 0 Å². The molecule has 2 aromatic carbocycles. The first-order valence-electron chi connectivity index (χ1n) is 12.9. The summed E-state index contributed by atoms with van der Waals surface area (Å²) >= 11 is 7.87. The summed E-state index contributed by atoms with van der Waals surface area (Å²) in [7, 11) is -3.51. The molecule has 38 heavy (non-hydrogen) atoms. The summed E-state index contributed by atoms with van der Waals surface area (Å²) in [4.78, 5) is 15.5. The maximum Gasteiger partial charge on any atom is 0.243 e. The van der Waals surface area contributed by atoms with Gasteiger partial charge in [0, 0.05) is 49.9 Å². The quantitative estimate of drug-likeness (QED) is 0.341. The van der Waals surface area contributed by atoms with Crippen molar-refractivity contribution in [3.05, 3.63) is 81.0 Å². The van der Waals surface area contributed by atoms with Gasteiger partial charge in [0.2, 0.25) is 15.9 Å². The number of nitrogens with zero attached hydrogens (tertiary/aromatic N) is 2. The minimum atomic E-state index is -3.51. The molecule has 1 aliphatic heterocycles. The lowest BCUT2D eigenvalue weighted by molar-refractivity contribution is -0.131.